The number of pyridine rings is 1. The Morgan fingerprint density at radius 2 is 1.89 bits per heavy atom. The zero-order valence-electron chi connectivity index (χ0n) is 10.8. The van der Waals surface area contributed by atoms with Gasteiger partial charge in [0.05, 0.1) is 6.20 Å². The van der Waals surface area contributed by atoms with Crippen LogP contribution in [-0.4, -0.2) is 11.0 Å². The molecule has 94 valence electrons. The van der Waals surface area contributed by atoms with Crippen LogP contribution in [0.15, 0.2) is 48.8 Å². The SMILES string of the molecule is CC(C)NCc1ccc(Oc2cccnc2)cc1. The number of benzene rings is 1. The van der Waals surface area contributed by atoms with E-state index in [1.807, 2.05) is 24.3 Å². The van der Waals surface area contributed by atoms with Crippen LogP contribution in [0.2, 0.25) is 0 Å². The fourth-order valence-corrected chi connectivity index (χ4v) is 1.54. The van der Waals surface area contributed by atoms with E-state index >= 15 is 0 Å². The molecule has 0 unspecified atom stereocenters. The molecule has 3 heteroatoms. The molecule has 18 heavy (non-hydrogen) atoms. The molecule has 0 amide bonds. The lowest BCUT2D eigenvalue weighted by atomic mass is 10.2. The van der Waals surface area contributed by atoms with Crippen molar-refractivity contribution in [1.82, 2.24) is 10.3 Å². The van der Waals surface area contributed by atoms with Crippen molar-refractivity contribution in [2.24, 2.45) is 0 Å². The molecular formula is C15H18N2O. The van der Waals surface area contributed by atoms with Gasteiger partial charge in [0.25, 0.3) is 0 Å². The lowest BCUT2D eigenvalue weighted by Gasteiger charge is -2.09. The summed E-state index contributed by atoms with van der Waals surface area (Å²) in [7, 11) is 0. The van der Waals surface area contributed by atoms with Gasteiger partial charge in [-0.1, -0.05) is 26.0 Å². The maximum absolute atomic E-state index is 5.68. The van der Waals surface area contributed by atoms with Gasteiger partial charge >= 0.3 is 0 Å². The number of hydrogen-bond donors (Lipinski definition) is 1. The molecule has 3 nitrogen and oxygen atoms in total. The van der Waals surface area contributed by atoms with Gasteiger partial charge in [0, 0.05) is 18.8 Å². The van der Waals surface area contributed by atoms with Crippen LogP contribution in [0.4, 0.5) is 0 Å². The zero-order chi connectivity index (χ0) is 12.8. The molecule has 0 aliphatic carbocycles. The summed E-state index contributed by atoms with van der Waals surface area (Å²) >= 11 is 0. The van der Waals surface area contributed by atoms with E-state index in [-0.39, 0.29) is 0 Å². The Kier molecular flexibility index (Phi) is 4.31. The van der Waals surface area contributed by atoms with E-state index in [0.717, 1.165) is 18.0 Å². The van der Waals surface area contributed by atoms with E-state index in [0.29, 0.717) is 6.04 Å². The van der Waals surface area contributed by atoms with E-state index in [1.165, 1.54) is 5.56 Å². The van der Waals surface area contributed by atoms with E-state index in [2.05, 4.69) is 36.3 Å². The van der Waals surface area contributed by atoms with Gasteiger partial charge in [0.2, 0.25) is 0 Å². The number of aromatic nitrogens is 1. The normalized spacial score (nSPS) is 10.6. The molecule has 0 aliphatic heterocycles. The summed E-state index contributed by atoms with van der Waals surface area (Å²) in [5, 5.41) is 3.38. The summed E-state index contributed by atoms with van der Waals surface area (Å²) in [5.41, 5.74) is 1.25. The minimum absolute atomic E-state index is 0.497. The van der Waals surface area contributed by atoms with Crippen molar-refractivity contribution >= 4 is 0 Å². The minimum atomic E-state index is 0.497. The van der Waals surface area contributed by atoms with Crippen LogP contribution in [0.25, 0.3) is 0 Å². The average molecular weight is 242 g/mol. The van der Waals surface area contributed by atoms with E-state index in [9.17, 15) is 0 Å². The Morgan fingerprint density at radius 3 is 2.50 bits per heavy atom. The first-order chi connectivity index (χ1) is 8.74. The second-order valence-electron chi connectivity index (χ2n) is 4.47. The molecule has 2 aromatic rings. The second kappa shape index (κ2) is 6.17. The Bertz CT molecular complexity index is 466. The summed E-state index contributed by atoms with van der Waals surface area (Å²) in [6.07, 6.45) is 3.43. The van der Waals surface area contributed by atoms with Crippen molar-refractivity contribution in [2.75, 3.05) is 0 Å². The van der Waals surface area contributed by atoms with Gasteiger partial charge in [-0.25, -0.2) is 0 Å². The predicted molar refractivity (Wildman–Crippen MR) is 72.7 cm³/mol. The molecular weight excluding hydrogens is 224 g/mol. The molecule has 2 rings (SSSR count). The highest BCUT2D eigenvalue weighted by atomic mass is 16.5. The molecule has 1 aromatic carbocycles. The van der Waals surface area contributed by atoms with Crippen molar-refractivity contribution < 1.29 is 4.74 Å². The highest BCUT2D eigenvalue weighted by Gasteiger charge is 1.98. The first-order valence-electron chi connectivity index (χ1n) is 6.14. The Balaban J connectivity index is 1.95. The third kappa shape index (κ3) is 3.86. The third-order valence-electron chi connectivity index (χ3n) is 2.51. The summed E-state index contributed by atoms with van der Waals surface area (Å²) in [6.45, 7) is 5.16. The average Bonchev–Trinajstić information content (AvgIpc) is 2.39. The summed E-state index contributed by atoms with van der Waals surface area (Å²) < 4.78 is 5.68. The van der Waals surface area contributed by atoms with Gasteiger partial charge in [-0.2, -0.15) is 0 Å². The molecule has 0 fully saturated rings. The smallest absolute Gasteiger partial charge is 0.145 e. The molecule has 0 spiro atoms. The van der Waals surface area contributed by atoms with Crippen LogP contribution in [0.3, 0.4) is 0 Å². The molecule has 0 saturated carbocycles. The highest BCUT2D eigenvalue weighted by Crippen LogP contribution is 2.20. The van der Waals surface area contributed by atoms with E-state index in [4.69, 9.17) is 4.74 Å². The standard InChI is InChI=1S/C15H18N2O/c1-12(2)17-10-13-5-7-14(8-6-13)18-15-4-3-9-16-11-15/h3-9,11-12,17H,10H2,1-2H3. The zero-order valence-corrected chi connectivity index (χ0v) is 10.8. The maximum atomic E-state index is 5.68. The minimum Gasteiger partial charge on any atom is -0.456 e. The number of ether oxygens (including phenoxy) is 1. The largest absolute Gasteiger partial charge is 0.456 e. The fraction of sp³-hybridized carbons (Fsp3) is 0.267. The van der Waals surface area contributed by atoms with Crippen molar-refractivity contribution in [3.05, 3.63) is 54.4 Å². The van der Waals surface area contributed by atoms with Crippen LogP contribution in [0.5, 0.6) is 11.5 Å². The Hall–Kier alpha value is -1.87. The van der Waals surface area contributed by atoms with Gasteiger partial charge in [0.1, 0.15) is 11.5 Å². The molecule has 0 saturated heterocycles. The monoisotopic (exact) mass is 242 g/mol. The van der Waals surface area contributed by atoms with Crippen LogP contribution in [-0.2, 0) is 6.54 Å². The van der Waals surface area contributed by atoms with Crippen LogP contribution in [0.1, 0.15) is 19.4 Å². The summed E-state index contributed by atoms with van der Waals surface area (Å²) in [6, 6.07) is 12.3. The molecule has 1 N–H and O–H groups in total. The lowest BCUT2D eigenvalue weighted by Crippen LogP contribution is -2.21. The summed E-state index contributed by atoms with van der Waals surface area (Å²) in [4.78, 5) is 4.01. The summed E-state index contributed by atoms with van der Waals surface area (Å²) in [5.74, 6) is 1.59. The van der Waals surface area contributed by atoms with Crippen LogP contribution < -0.4 is 10.1 Å². The number of nitrogens with zero attached hydrogens (tertiary/aromatic N) is 1. The topological polar surface area (TPSA) is 34.1 Å². The van der Waals surface area contributed by atoms with Crippen molar-refractivity contribution in [1.29, 1.82) is 0 Å². The van der Waals surface area contributed by atoms with Crippen molar-refractivity contribution in [3.63, 3.8) is 0 Å². The first kappa shape index (κ1) is 12.6. The van der Waals surface area contributed by atoms with Gasteiger partial charge < -0.3 is 10.1 Å². The van der Waals surface area contributed by atoms with E-state index in [1.54, 1.807) is 12.4 Å². The molecule has 0 atom stereocenters. The predicted octanol–water partition coefficient (Wildman–Crippen LogP) is 3.37. The number of nitrogens with one attached hydrogen (secondary N) is 1. The first-order valence-corrected chi connectivity index (χ1v) is 6.14. The quantitative estimate of drug-likeness (QED) is 0.872. The van der Waals surface area contributed by atoms with Gasteiger partial charge in [-0.15, -0.1) is 0 Å². The van der Waals surface area contributed by atoms with Crippen molar-refractivity contribution in [2.45, 2.75) is 26.4 Å². The molecule has 0 bridgehead atoms. The Morgan fingerprint density at radius 1 is 1.11 bits per heavy atom. The molecule has 0 aliphatic rings. The lowest BCUT2D eigenvalue weighted by molar-refractivity contribution is 0.480. The number of hydrogen-bond acceptors (Lipinski definition) is 3. The molecule has 1 heterocycles. The van der Waals surface area contributed by atoms with E-state index < -0.39 is 0 Å². The van der Waals surface area contributed by atoms with Gasteiger partial charge in [-0.3, -0.25) is 4.98 Å². The fourth-order valence-electron chi connectivity index (χ4n) is 1.54. The van der Waals surface area contributed by atoms with Crippen molar-refractivity contribution in [3.8, 4) is 11.5 Å². The molecule has 0 radical (unpaired) electrons. The third-order valence-corrected chi connectivity index (χ3v) is 2.51. The number of rotatable bonds is 5. The molecule has 1 aromatic heterocycles. The van der Waals surface area contributed by atoms with Gasteiger partial charge in [0.15, 0.2) is 0 Å². The second-order valence-corrected chi connectivity index (χ2v) is 4.47. The highest BCUT2D eigenvalue weighted by molar-refractivity contribution is 5.31. The van der Waals surface area contributed by atoms with Crippen LogP contribution in [0, 0.1) is 0 Å². The van der Waals surface area contributed by atoms with Crippen LogP contribution >= 0.6 is 0 Å². The Labute approximate surface area is 108 Å². The maximum Gasteiger partial charge on any atom is 0.145 e. The van der Waals surface area contributed by atoms with Gasteiger partial charge in [-0.05, 0) is 29.8 Å².